The molecule has 0 unspecified atom stereocenters. The van der Waals surface area contributed by atoms with Gasteiger partial charge in [0, 0.05) is 32.2 Å². The fourth-order valence-electron chi connectivity index (χ4n) is 3.99. The molecule has 0 bridgehead atoms. The largest absolute Gasteiger partial charge is 0.395 e. The first-order valence-electron chi connectivity index (χ1n) is 9.35. The molecule has 1 fully saturated rings. The molecule has 0 radical (unpaired) electrons. The lowest BCUT2D eigenvalue weighted by atomic mass is 9.99. The van der Waals surface area contributed by atoms with Gasteiger partial charge in [0.25, 0.3) is 0 Å². The molecule has 1 aromatic heterocycles. The van der Waals surface area contributed by atoms with Crippen molar-refractivity contribution >= 4 is 16.9 Å². The van der Waals surface area contributed by atoms with Crippen molar-refractivity contribution < 1.29 is 9.90 Å². The summed E-state index contributed by atoms with van der Waals surface area (Å²) in [5.74, 6) is -0.448. The van der Waals surface area contributed by atoms with Crippen LogP contribution in [0.5, 0.6) is 0 Å². The van der Waals surface area contributed by atoms with Crippen molar-refractivity contribution in [3.05, 3.63) is 58.0 Å². The summed E-state index contributed by atoms with van der Waals surface area (Å²) in [5, 5.41) is 9.06. The Morgan fingerprint density at radius 3 is 2.50 bits per heavy atom. The predicted molar refractivity (Wildman–Crippen MR) is 108 cm³/mol. The summed E-state index contributed by atoms with van der Waals surface area (Å²) >= 11 is 0. The van der Waals surface area contributed by atoms with Crippen LogP contribution in [0.2, 0.25) is 0 Å². The molecule has 3 aromatic rings. The van der Waals surface area contributed by atoms with E-state index in [1.807, 2.05) is 41.8 Å². The van der Waals surface area contributed by atoms with Crippen LogP contribution in [0.25, 0.3) is 22.2 Å². The molecule has 1 saturated heterocycles. The number of fused-ring (bicyclic) bond motifs is 1. The van der Waals surface area contributed by atoms with Crippen LogP contribution in [0.1, 0.15) is 22.0 Å². The molecular formula is C21H24N4O3. The number of nitrogens with zero attached hydrogens (tertiary/aromatic N) is 3. The highest BCUT2D eigenvalue weighted by Gasteiger charge is 2.30. The van der Waals surface area contributed by atoms with Crippen LogP contribution in [0.15, 0.2) is 41.2 Å². The highest BCUT2D eigenvalue weighted by Crippen LogP contribution is 2.29. The Bertz CT molecular complexity index is 1120. The zero-order valence-corrected chi connectivity index (χ0v) is 16.1. The average molecular weight is 380 g/mol. The lowest BCUT2D eigenvalue weighted by Crippen LogP contribution is -2.51. The van der Waals surface area contributed by atoms with Gasteiger partial charge in [-0.15, -0.1) is 0 Å². The third-order valence-corrected chi connectivity index (χ3v) is 5.64. The minimum Gasteiger partial charge on any atom is -0.395 e. The van der Waals surface area contributed by atoms with E-state index < -0.39 is 5.91 Å². The zero-order chi connectivity index (χ0) is 20.0. The molecule has 3 N–H and O–H groups in total. The van der Waals surface area contributed by atoms with E-state index in [1.54, 1.807) is 17.7 Å². The van der Waals surface area contributed by atoms with E-state index in [1.165, 1.54) is 0 Å². The van der Waals surface area contributed by atoms with Crippen molar-refractivity contribution in [1.82, 2.24) is 14.0 Å². The molecular weight excluding hydrogens is 356 g/mol. The maximum Gasteiger partial charge on any atom is 0.329 e. The zero-order valence-electron chi connectivity index (χ0n) is 16.1. The summed E-state index contributed by atoms with van der Waals surface area (Å²) in [4.78, 5) is 26.6. The first kappa shape index (κ1) is 18.5. The second-order valence-corrected chi connectivity index (χ2v) is 7.45. The van der Waals surface area contributed by atoms with Crippen LogP contribution in [0, 0.1) is 6.92 Å². The maximum absolute atomic E-state index is 12.8. The number of hydrogen-bond acceptors (Lipinski definition) is 4. The smallest absolute Gasteiger partial charge is 0.329 e. The fraction of sp³-hybridized carbons (Fsp3) is 0.333. The fourth-order valence-corrected chi connectivity index (χ4v) is 3.99. The molecule has 7 nitrogen and oxygen atoms in total. The van der Waals surface area contributed by atoms with Gasteiger partial charge in [0.05, 0.1) is 23.7 Å². The van der Waals surface area contributed by atoms with E-state index in [0.29, 0.717) is 12.1 Å². The third kappa shape index (κ3) is 2.93. The number of β-amino-alcohol motifs (C(OH)–C–C–N with tert-alkyl or cyclic N) is 1. The number of amides is 1. The minimum atomic E-state index is -0.448. The number of hydrogen-bond donors (Lipinski definition) is 2. The molecule has 1 aliphatic rings. The molecule has 7 heteroatoms. The molecule has 2 heterocycles. The molecule has 0 spiro atoms. The van der Waals surface area contributed by atoms with Crippen molar-refractivity contribution in [2.75, 3.05) is 26.2 Å². The molecule has 1 aliphatic heterocycles. The summed E-state index contributed by atoms with van der Waals surface area (Å²) < 4.78 is 3.51. The predicted octanol–water partition coefficient (Wildman–Crippen LogP) is 1.26. The number of rotatable bonds is 5. The number of carbonyl (C=O) groups is 1. The van der Waals surface area contributed by atoms with E-state index in [2.05, 4.69) is 4.90 Å². The Morgan fingerprint density at radius 2 is 1.82 bits per heavy atom. The van der Waals surface area contributed by atoms with Gasteiger partial charge in [-0.25, -0.2) is 4.79 Å². The number of primary amides is 1. The quantitative estimate of drug-likeness (QED) is 0.697. The number of nitrogens with two attached hydrogens (primary N) is 1. The van der Waals surface area contributed by atoms with Crippen LogP contribution < -0.4 is 11.4 Å². The molecule has 0 atom stereocenters. The van der Waals surface area contributed by atoms with E-state index in [9.17, 15) is 9.59 Å². The molecule has 2 aromatic carbocycles. The Kier molecular flexibility index (Phi) is 4.56. The van der Waals surface area contributed by atoms with E-state index in [-0.39, 0.29) is 18.3 Å². The molecule has 0 saturated carbocycles. The third-order valence-electron chi connectivity index (χ3n) is 5.64. The summed E-state index contributed by atoms with van der Waals surface area (Å²) in [6.07, 6.45) is 0. The molecule has 146 valence electrons. The van der Waals surface area contributed by atoms with Crippen LogP contribution in [-0.4, -0.2) is 51.3 Å². The van der Waals surface area contributed by atoms with Crippen LogP contribution in [-0.2, 0) is 7.05 Å². The number of imidazole rings is 1. The monoisotopic (exact) mass is 380 g/mol. The van der Waals surface area contributed by atoms with E-state index in [0.717, 1.165) is 40.8 Å². The van der Waals surface area contributed by atoms with E-state index >= 15 is 0 Å². The second kappa shape index (κ2) is 6.92. The Hall–Kier alpha value is -2.90. The first-order valence-corrected chi connectivity index (χ1v) is 9.35. The van der Waals surface area contributed by atoms with Gasteiger partial charge in [0.2, 0.25) is 5.91 Å². The van der Waals surface area contributed by atoms with Gasteiger partial charge in [-0.05, 0) is 41.8 Å². The number of aliphatic hydroxyl groups is 1. The standard InChI is InChI=1S/C21H24N4O3/c1-13-3-4-14(9-17(13)20(22)27)15-5-6-18-19(10-15)23(2)21(28)25(18)16-11-24(12-16)7-8-26/h3-6,9-10,16,26H,7-8,11-12H2,1-2H3,(H2,22,27). The number of carbonyl (C=O) groups excluding carboxylic acids is 1. The van der Waals surface area contributed by atoms with Gasteiger partial charge >= 0.3 is 5.69 Å². The minimum absolute atomic E-state index is 0.0393. The lowest BCUT2D eigenvalue weighted by molar-refractivity contribution is 0.0839. The van der Waals surface area contributed by atoms with Gasteiger partial charge in [0.15, 0.2) is 0 Å². The van der Waals surface area contributed by atoms with Gasteiger partial charge in [-0.2, -0.15) is 0 Å². The van der Waals surface area contributed by atoms with E-state index in [4.69, 9.17) is 10.8 Å². The maximum atomic E-state index is 12.8. The molecule has 0 aliphatic carbocycles. The second-order valence-electron chi connectivity index (χ2n) is 7.45. The SMILES string of the molecule is Cc1ccc(-c2ccc3c(c2)n(C)c(=O)n3C2CN(CCO)C2)cc1C(N)=O. The highest BCUT2D eigenvalue weighted by molar-refractivity contribution is 5.96. The van der Waals surface area contributed by atoms with Crippen molar-refractivity contribution in [2.24, 2.45) is 12.8 Å². The Balaban J connectivity index is 1.75. The van der Waals surface area contributed by atoms with Gasteiger partial charge < -0.3 is 10.8 Å². The number of likely N-dealkylation sites (tertiary alicyclic amines) is 1. The van der Waals surface area contributed by atoms with Crippen molar-refractivity contribution in [1.29, 1.82) is 0 Å². The van der Waals surface area contributed by atoms with Crippen LogP contribution in [0.4, 0.5) is 0 Å². The topological polar surface area (TPSA) is 93.5 Å². The average Bonchev–Trinajstić information content (AvgIpc) is 2.88. The Labute approximate surface area is 162 Å². The van der Waals surface area contributed by atoms with Crippen LogP contribution >= 0.6 is 0 Å². The number of aromatic nitrogens is 2. The highest BCUT2D eigenvalue weighted by atomic mass is 16.3. The van der Waals surface area contributed by atoms with Crippen LogP contribution in [0.3, 0.4) is 0 Å². The number of aliphatic hydroxyl groups excluding tert-OH is 1. The number of aryl methyl sites for hydroxylation is 2. The van der Waals surface area contributed by atoms with Gasteiger partial charge in [-0.3, -0.25) is 18.8 Å². The summed E-state index contributed by atoms with van der Waals surface area (Å²) in [5.41, 5.74) is 10.3. The number of benzene rings is 2. The van der Waals surface area contributed by atoms with Crippen molar-refractivity contribution in [3.8, 4) is 11.1 Å². The van der Waals surface area contributed by atoms with Crippen molar-refractivity contribution in [3.63, 3.8) is 0 Å². The van der Waals surface area contributed by atoms with Crippen molar-refractivity contribution in [2.45, 2.75) is 13.0 Å². The lowest BCUT2D eigenvalue weighted by Gasteiger charge is -2.39. The van der Waals surface area contributed by atoms with Gasteiger partial charge in [0.1, 0.15) is 0 Å². The summed E-state index contributed by atoms with van der Waals surface area (Å²) in [6.45, 7) is 4.15. The molecule has 1 amide bonds. The molecule has 28 heavy (non-hydrogen) atoms. The molecule has 4 rings (SSSR count). The summed E-state index contributed by atoms with van der Waals surface area (Å²) in [7, 11) is 1.78. The first-order chi connectivity index (χ1) is 13.4. The normalized spacial score (nSPS) is 15.1. The van der Waals surface area contributed by atoms with Gasteiger partial charge in [-0.1, -0.05) is 18.2 Å². The summed E-state index contributed by atoms with van der Waals surface area (Å²) in [6, 6.07) is 11.7. The Morgan fingerprint density at radius 1 is 1.14 bits per heavy atom.